The second-order valence-electron chi connectivity index (χ2n) is 5.48. The number of hydrogen-bond acceptors (Lipinski definition) is 2. The third-order valence-electron chi connectivity index (χ3n) is 4.24. The van der Waals surface area contributed by atoms with Gasteiger partial charge in [0.1, 0.15) is 0 Å². The Hall–Kier alpha value is -1.35. The Labute approximate surface area is 108 Å². The molecule has 0 aliphatic carbocycles. The number of benzene rings is 1. The van der Waals surface area contributed by atoms with Gasteiger partial charge in [0.15, 0.2) is 0 Å². The van der Waals surface area contributed by atoms with Gasteiger partial charge in [0.25, 0.3) is 0 Å². The summed E-state index contributed by atoms with van der Waals surface area (Å²) in [6, 6.07) is 7.28. The molecule has 0 unspecified atom stereocenters. The number of rotatable bonds is 1. The number of piperazine rings is 1. The number of hydrogen-bond donors (Lipinski definition) is 1. The average molecular weight is 244 g/mol. The van der Waals surface area contributed by atoms with Crippen molar-refractivity contribution in [1.29, 1.82) is 0 Å². The maximum atomic E-state index is 11.8. The largest absolute Gasteiger partial charge is 0.337 e. The van der Waals surface area contributed by atoms with E-state index in [2.05, 4.69) is 42.3 Å². The first-order chi connectivity index (χ1) is 8.66. The topological polar surface area (TPSA) is 32.3 Å². The van der Waals surface area contributed by atoms with Gasteiger partial charge in [0, 0.05) is 19.5 Å². The lowest BCUT2D eigenvalue weighted by Crippen LogP contribution is -2.51. The lowest BCUT2D eigenvalue weighted by Gasteiger charge is -2.38. The van der Waals surface area contributed by atoms with E-state index in [1.54, 1.807) is 0 Å². The van der Waals surface area contributed by atoms with Crippen LogP contribution in [-0.4, -0.2) is 29.9 Å². The molecule has 2 heterocycles. The fraction of sp³-hybridized carbons (Fsp3) is 0.533. The van der Waals surface area contributed by atoms with E-state index in [-0.39, 0.29) is 0 Å². The van der Waals surface area contributed by atoms with Gasteiger partial charge in [0.2, 0.25) is 5.91 Å². The highest BCUT2D eigenvalue weighted by atomic mass is 16.2. The molecule has 2 atom stereocenters. The number of nitrogens with one attached hydrogen (secondary N) is 1. The number of aryl methyl sites for hydroxylation is 2. The van der Waals surface area contributed by atoms with E-state index in [1.165, 1.54) is 16.7 Å². The molecule has 2 fully saturated rings. The highest BCUT2D eigenvalue weighted by Crippen LogP contribution is 2.33. The van der Waals surface area contributed by atoms with Crippen LogP contribution < -0.4 is 5.32 Å². The molecule has 0 aromatic heterocycles. The lowest BCUT2D eigenvalue weighted by atomic mass is 9.91. The molecule has 0 bridgehead atoms. The summed E-state index contributed by atoms with van der Waals surface area (Å²) in [5.41, 5.74) is 3.98. The minimum atomic E-state index is 0.311. The van der Waals surface area contributed by atoms with E-state index in [4.69, 9.17) is 0 Å². The summed E-state index contributed by atoms with van der Waals surface area (Å²) in [6.07, 6.45) is 1.71. The Balaban J connectivity index is 1.93. The van der Waals surface area contributed by atoms with Crippen molar-refractivity contribution in [3.63, 3.8) is 0 Å². The van der Waals surface area contributed by atoms with Gasteiger partial charge < -0.3 is 10.2 Å². The zero-order chi connectivity index (χ0) is 12.7. The zero-order valence-corrected chi connectivity index (χ0v) is 11.1. The lowest BCUT2D eigenvalue weighted by molar-refractivity contribution is -0.130. The molecule has 0 radical (unpaired) electrons. The highest BCUT2D eigenvalue weighted by molar-refractivity contribution is 5.79. The number of carbonyl (C=O) groups is 1. The fourth-order valence-corrected chi connectivity index (χ4v) is 3.36. The molecule has 1 aromatic rings. The number of nitrogens with zero attached hydrogens (tertiary/aromatic N) is 1. The van der Waals surface area contributed by atoms with Crippen molar-refractivity contribution < 1.29 is 4.79 Å². The summed E-state index contributed by atoms with van der Waals surface area (Å²) < 4.78 is 0. The van der Waals surface area contributed by atoms with E-state index >= 15 is 0 Å². The second kappa shape index (κ2) is 4.39. The van der Waals surface area contributed by atoms with Gasteiger partial charge >= 0.3 is 0 Å². The Kier molecular flexibility index (Phi) is 2.86. The maximum Gasteiger partial charge on any atom is 0.223 e. The van der Waals surface area contributed by atoms with Gasteiger partial charge in [0.05, 0.1) is 12.1 Å². The van der Waals surface area contributed by atoms with Crippen LogP contribution >= 0.6 is 0 Å². The van der Waals surface area contributed by atoms with Crippen LogP contribution in [0.5, 0.6) is 0 Å². The molecular weight excluding hydrogens is 224 g/mol. The Morgan fingerprint density at radius 3 is 2.94 bits per heavy atom. The summed E-state index contributed by atoms with van der Waals surface area (Å²) in [7, 11) is 0. The van der Waals surface area contributed by atoms with Crippen molar-refractivity contribution in [3.05, 3.63) is 34.9 Å². The van der Waals surface area contributed by atoms with Crippen molar-refractivity contribution in [2.75, 3.05) is 13.1 Å². The molecule has 2 aliphatic rings. The molecule has 0 spiro atoms. The van der Waals surface area contributed by atoms with E-state index in [0.717, 1.165) is 19.5 Å². The molecule has 18 heavy (non-hydrogen) atoms. The fourth-order valence-electron chi connectivity index (χ4n) is 3.36. The first-order valence-electron chi connectivity index (χ1n) is 6.77. The van der Waals surface area contributed by atoms with Crippen LogP contribution in [0.15, 0.2) is 18.2 Å². The van der Waals surface area contributed by atoms with Gasteiger partial charge in [-0.15, -0.1) is 0 Å². The third-order valence-corrected chi connectivity index (χ3v) is 4.24. The summed E-state index contributed by atoms with van der Waals surface area (Å²) in [6.45, 7) is 6.06. The molecule has 1 aromatic carbocycles. The number of amides is 1. The minimum absolute atomic E-state index is 0.311. The Morgan fingerprint density at radius 2 is 2.17 bits per heavy atom. The molecule has 1 amide bonds. The minimum Gasteiger partial charge on any atom is -0.337 e. The molecule has 3 heteroatoms. The van der Waals surface area contributed by atoms with Gasteiger partial charge in [-0.2, -0.15) is 0 Å². The normalized spacial score (nSPS) is 27.4. The van der Waals surface area contributed by atoms with E-state index in [9.17, 15) is 4.79 Å². The van der Waals surface area contributed by atoms with Gasteiger partial charge in [-0.05, 0) is 31.4 Å². The van der Waals surface area contributed by atoms with E-state index in [1.807, 2.05) is 0 Å². The van der Waals surface area contributed by atoms with Crippen molar-refractivity contribution in [1.82, 2.24) is 10.2 Å². The molecular formula is C15H20N2O. The first kappa shape index (κ1) is 11.7. The molecule has 0 saturated carbocycles. The molecule has 2 aliphatic heterocycles. The van der Waals surface area contributed by atoms with Crippen LogP contribution in [0.4, 0.5) is 0 Å². The van der Waals surface area contributed by atoms with Crippen LogP contribution in [0, 0.1) is 13.8 Å². The van der Waals surface area contributed by atoms with Crippen LogP contribution in [0.3, 0.4) is 0 Å². The quantitative estimate of drug-likeness (QED) is 0.819. The van der Waals surface area contributed by atoms with Crippen molar-refractivity contribution >= 4 is 5.91 Å². The molecule has 3 rings (SSSR count). The number of fused-ring (bicyclic) bond motifs is 1. The second-order valence-corrected chi connectivity index (χ2v) is 5.48. The Bertz CT molecular complexity index is 483. The van der Waals surface area contributed by atoms with Crippen LogP contribution in [0.25, 0.3) is 0 Å². The SMILES string of the molecule is Cc1ccc([C@@H]2NCCN3C(=O)CC[C@@H]23)c(C)c1. The predicted octanol–water partition coefficient (Wildman–Crippen LogP) is 1.94. The first-order valence-corrected chi connectivity index (χ1v) is 6.77. The van der Waals surface area contributed by atoms with Crippen molar-refractivity contribution in [2.24, 2.45) is 0 Å². The van der Waals surface area contributed by atoms with Gasteiger partial charge in [-0.3, -0.25) is 4.79 Å². The smallest absolute Gasteiger partial charge is 0.223 e. The summed E-state index contributed by atoms with van der Waals surface area (Å²) in [5.74, 6) is 0.330. The summed E-state index contributed by atoms with van der Waals surface area (Å²) in [5, 5.41) is 3.59. The summed E-state index contributed by atoms with van der Waals surface area (Å²) >= 11 is 0. The molecule has 3 nitrogen and oxygen atoms in total. The van der Waals surface area contributed by atoms with Crippen LogP contribution in [0.1, 0.15) is 35.6 Å². The molecule has 96 valence electrons. The maximum absolute atomic E-state index is 11.8. The highest BCUT2D eigenvalue weighted by Gasteiger charge is 2.39. The monoisotopic (exact) mass is 244 g/mol. The summed E-state index contributed by atoms with van der Waals surface area (Å²) in [4.78, 5) is 13.9. The van der Waals surface area contributed by atoms with Crippen LogP contribution in [0.2, 0.25) is 0 Å². The number of carbonyl (C=O) groups excluding carboxylic acids is 1. The van der Waals surface area contributed by atoms with Gasteiger partial charge in [-0.25, -0.2) is 0 Å². The molecule has 2 saturated heterocycles. The van der Waals surface area contributed by atoms with Crippen molar-refractivity contribution in [3.8, 4) is 0 Å². The zero-order valence-electron chi connectivity index (χ0n) is 11.1. The van der Waals surface area contributed by atoms with E-state index < -0.39 is 0 Å². The van der Waals surface area contributed by atoms with Crippen LogP contribution in [-0.2, 0) is 4.79 Å². The average Bonchev–Trinajstić information content (AvgIpc) is 2.72. The Morgan fingerprint density at radius 1 is 1.33 bits per heavy atom. The third kappa shape index (κ3) is 1.83. The van der Waals surface area contributed by atoms with Crippen molar-refractivity contribution in [2.45, 2.75) is 38.8 Å². The standard InChI is InChI=1S/C15H20N2O/c1-10-3-4-12(11(2)9-10)15-13-5-6-14(18)17(13)8-7-16-15/h3-4,9,13,15-16H,5-8H2,1-2H3/t13-,15-/m0/s1. The van der Waals surface area contributed by atoms with E-state index in [0.29, 0.717) is 24.4 Å². The molecule has 1 N–H and O–H groups in total. The van der Waals surface area contributed by atoms with Gasteiger partial charge in [-0.1, -0.05) is 23.8 Å². The predicted molar refractivity (Wildman–Crippen MR) is 71.4 cm³/mol.